The number of nitrogens with one attached hydrogen (secondary N) is 1. The molecule has 1 amide bonds. The van der Waals surface area contributed by atoms with Crippen molar-refractivity contribution in [1.82, 2.24) is 20.3 Å². The lowest BCUT2D eigenvalue weighted by Gasteiger charge is -2.13. The molecule has 18 heavy (non-hydrogen) atoms. The molecular formula is C11H18N4O3. The van der Waals surface area contributed by atoms with Crippen molar-refractivity contribution in [3.63, 3.8) is 0 Å². The number of carbonyl (C=O) groups excluding carboxylic acids is 1. The number of nitrogens with zero attached hydrogens (tertiary/aromatic N) is 3. The lowest BCUT2D eigenvalue weighted by atomic mass is 10.2. The van der Waals surface area contributed by atoms with Crippen molar-refractivity contribution < 1.29 is 14.7 Å². The zero-order valence-corrected chi connectivity index (χ0v) is 10.8. The molecule has 1 aromatic heterocycles. The molecule has 7 heteroatoms. The monoisotopic (exact) mass is 254 g/mol. The third kappa shape index (κ3) is 3.06. The molecule has 2 N–H and O–H groups in total. The highest BCUT2D eigenvalue weighted by molar-refractivity contribution is 5.86. The zero-order chi connectivity index (χ0) is 13.7. The van der Waals surface area contributed by atoms with Crippen LogP contribution >= 0.6 is 0 Å². The fourth-order valence-corrected chi connectivity index (χ4v) is 1.55. The number of hydrogen-bond acceptors (Lipinski definition) is 4. The standard InChI is InChI=1S/C11H18N4O3/c1-4-5-6-12-10(16)8(3)15-7(2)9(11(17)18)13-14-15/h8H,4-6H2,1-3H3,(H,12,16)(H,17,18). The predicted molar refractivity (Wildman–Crippen MR) is 64.3 cm³/mol. The summed E-state index contributed by atoms with van der Waals surface area (Å²) < 4.78 is 1.32. The van der Waals surface area contributed by atoms with E-state index in [1.807, 2.05) is 6.92 Å². The quantitative estimate of drug-likeness (QED) is 0.730. The van der Waals surface area contributed by atoms with Gasteiger partial charge < -0.3 is 10.4 Å². The number of carbonyl (C=O) groups is 2. The maximum atomic E-state index is 11.8. The Labute approximate surface area is 105 Å². The summed E-state index contributed by atoms with van der Waals surface area (Å²) in [6.45, 7) is 5.89. The smallest absolute Gasteiger partial charge is 0.358 e. The third-order valence-corrected chi connectivity index (χ3v) is 2.71. The fraction of sp³-hybridized carbons (Fsp3) is 0.636. The van der Waals surface area contributed by atoms with Crippen LogP contribution in [-0.4, -0.2) is 38.5 Å². The number of carboxylic acids is 1. The number of amides is 1. The van der Waals surface area contributed by atoms with Crippen LogP contribution in [0.1, 0.15) is 48.9 Å². The van der Waals surface area contributed by atoms with Gasteiger partial charge in [-0.15, -0.1) is 5.10 Å². The van der Waals surface area contributed by atoms with E-state index in [4.69, 9.17) is 5.11 Å². The summed E-state index contributed by atoms with van der Waals surface area (Å²) in [7, 11) is 0. The van der Waals surface area contributed by atoms with Gasteiger partial charge in [0.2, 0.25) is 5.91 Å². The van der Waals surface area contributed by atoms with Crippen LogP contribution in [0.4, 0.5) is 0 Å². The molecular weight excluding hydrogens is 236 g/mol. The van der Waals surface area contributed by atoms with Gasteiger partial charge in [0.05, 0.1) is 5.69 Å². The molecule has 0 radical (unpaired) electrons. The number of unbranched alkanes of at least 4 members (excludes halogenated alkanes) is 1. The molecule has 1 atom stereocenters. The van der Waals surface area contributed by atoms with Crippen molar-refractivity contribution in [2.75, 3.05) is 6.54 Å². The Bertz CT molecular complexity index is 441. The van der Waals surface area contributed by atoms with E-state index in [0.29, 0.717) is 12.2 Å². The lowest BCUT2D eigenvalue weighted by Crippen LogP contribution is -2.32. The first kappa shape index (κ1) is 14.1. The normalized spacial score (nSPS) is 12.2. The van der Waals surface area contributed by atoms with E-state index in [1.54, 1.807) is 13.8 Å². The summed E-state index contributed by atoms with van der Waals surface area (Å²) in [5.74, 6) is -1.33. The molecule has 1 heterocycles. The summed E-state index contributed by atoms with van der Waals surface area (Å²) in [6.07, 6.45) is 1.91. The van der Waals surface area contributed by atoms with Crippen molar-refractivity contribution in [1.29, 1.82) is 0 Å². The maximum absolute atomic E-state index is 11.8. The minimum absolute atomic E-state index is 0.122. The van der Waals surface area contributed by atoms with Gasteiger partial charge >= 0.3 is 5.97 Å². The largest absolute Gasteiger partial charge is 0.476 e. The van der Waals surface area contributed by atoms with Gasteiger partial charge in [0.1, 0.15) is 6.04 Å². The van der Waals surface area contributed by atoms with Crippen molar-refractivity contribution in [2.45, 2.75) is 39.7 Å². The molecule has 0 aliphatic rings. The van der Waals surface area contributed by atoms with Crippen LogP contribution in [0.5, 0.6) is 0 Å². The van der Waals surface area contributed by atoms with Crippen LogP contribution in [0.15, 0.2) is 0 Å². The van der Waals surface area contributed by atoms with Gasteiger partial charge in [-0.25, -0.2) is 9.48 Å². The van der Waals surface area contributed by atoms with Gasteiger partial charge in [-0.05, 0) is 20.3 Å². The SMILES string of the molecule is CCCCNC(=O)C(C)n1nnc(C(=O)O)c1C. The Hall–Kier alpha value is -1.92. The van der Waals surface area contributed by atoms with Crippen LogP contribution in [0, 0.1) is 6.92 Å². The summed E-state index contributed by atoms with van der Waals surface area (Å²) in [5.41, 5.74) is 0.254. The molecule has 0 saturated carbocycles. The van der Waals surface area contributed by atoms with E-state index < -0.39 is 12.0 Å². The van der Waals surface area contributed by atoms with Crippen LogP contribution in [0.25, 0.3) is 0 Å². The highest BCUT2D eigenvalue weighted by atomic mass is 16.4. The first-order valence-corrected chi connectivity index (χ1v) is 5.91. The van der Waals surface area contributed by atoms with Crippen molar-refractivity contribution >= 4 is 11.9 Å². The molecule has 0 aliphatic carbocycles. The average molecular weight is 254 g/mol. The van der Waals surface area contributed by atoms with Gasteiger partial charge in [0, 0.05) is 6.54 Å². The van der Waals surface area contributed by atoms with E-state index >= 15 is 0 Å². The zero-order valence-electron chi connectivity index (χ0n) is 10.8. The molecule has 0 bridgehead atoms. The fourth-order valence-electron chi connectivity index (χ4n) is 1.55. The molecule has 1 rings (SSSR count). The third-order valence-electron chi connectivity index (χ3n) is 2.71. The van der Waals surface area contributed by atoms with Gasteiger partial charge in [0.25, 0.3) is 0 Å². The van der Waals surface area contributed by atoms with Crippen LogP contribution in [0.2, 0.25) is 0 Å². The highest BCUT2D eigenvalue weighted by Gasteiger charge is 2.22. The first-order valence-electron chi connectivity index (χ1n) is 5.91. The van der Waals surface area contributed by atoms with Gasteiger partial charge in [-0.1, -0.05) is 18.6 Å². The Morgan fingerprint density at radius 1 is 1.50 bits per heavy atom. The van der Waals surface area contributed by atoms with Gasteiger partial charge in [0.15, 0.2) is 5.69 Å². The number of carboxylic acid groups (broad SMARTS) is 1. The molecule has 0 aliphatic heterocycles. The summed E-state index contributed by atoms with van der Waals surface area (Å²) >= 11 is 0. The second-order valence-electron chi connectivity index (χ2n) is 4.09. The topological polar surface area (TPSA) is 97.1 Å². The van der Waals surface area contributed by atoms with Gasteiger partial charge in [-0.3, -0.25) is 4.79 Å². The van der Waals surface area contributed by atoms with Crippen LogP contribution in [-0.2, 0) is 4.79 Å². The number of hydrogen-bond donors (Lipinski definition) is 2. The Balaban J connectivity index is 2.75. The van der Waals surface area contributed by atoms with Crippen molar-refractivity contribution in [3.05, 3.63) is 11.4 Å². The lowest BCUT2D eigenvalue weighted by molar-refractivity contribution is -0.124. The van der Waals surface area contributed by atoms with Crippen LogP contribution < -0.4 is 5.32 Å². The van der Waals surface area contributed by atoms with E-state index in [2.05, 4.69) is 15.6 Å². The number of aromatic nitrogens is 3. The first-order chi connectivity index (χ1) is 8.49. The number of aromatic carboxylic acids is 1. The molecule has 0 spiro atoms. The molecule has 0 saturated heterocycles. The summed E-state index contributed by atoms with van der Waals surface area (Å²) in [6, 6.07) is -0.567. The molecule has 0 fully saturated rings. The van der Waals surface area contributed by atoms with Crippen molar-refractivity contribution in [2.24, 2.45) is 0 Å². The molecule has 0 aromatic carbocycles. The summed E-state index contributed by atoms with van der Waals surface area (Å²) in [4.78, 5) is 22.6. The maximum Gasteiger partial charge on any atom is 0.358 e. The average Bonchev–Trinajstić information content (AvgIpc) is 2.70. The van der Waals surface area contributed by atoms with Crippen LogP contribution in [0.3, 0.4) is 0 Å². The Morgan fingerprint density at radius 2 is 2.17 bits per heavy atom. The van der Waals surface area contributed by atoms with E-state index in [1.165, 1.54) is 4.68 Å². The molecule has 1 aromatic rings. The summed E-state index contributed by atoms with van der Waals surface area (Å²) in [5, 5.41) is 18.9. The highest BCUT2D eigenvalue weighted by Crippen LogP contribution is 2.11. The number of rotatable bonds is 6. The molecule has 1 unspecified atom stereocenters. The minimum atomic E-state index is -1.14. The predicted octanol–water partition coefficient (Wildman–Crippen LogP) is 0.762. The Morgan fingerprint density at radius 3 is 2.67 bits per heavy atom. The molecule has 100 valence electrons. The second-order valence-corrected chi connectivity index (χ2v) is 4.09. The van der Waals surface area contributed by atoms with E-state index in [-0.39, 0.29) is 11.6 Å². The second kappa shape index (κ2) is 6.13. The van der Waals surface area contributed by atoms with Crippen molar-refractivity contribution in [3.8, 4) is 0 Å². The molecule has 7 nitrogen and oxygen atoms in total. The van der Waals surface area contributed by atoms with Gasteiger partial charge in [-0.2, -0.15) is 0 Å². The Kier molecular flexibility index (Phi) is 4.82. The van der Waals surface area contributed by atoms with E-state index in [9.17, 15) is 9.59 Å². The van der Waals surface area contributed by atoms with E-state index in [0.717, 1.165) is 12.8 Å². The minimum Gasteiger partial charge on any atom is -0.476 e.